The van der Waals surface area contributed by atoms with E-state index in [1.54, 1.807) is 67.9 Å². The summed E-state index contributed by atoms with van der Waals surface area (Å²) in [6, 6.07) is 22.1. The Balaban J connectivity index is 1.73. The SMILES string of the molecule is CNC(=O)c1ccccc1Sc1cc(-c2ccc([N+](=O)[O-])cc2)c2c(/C=C/c3ccccn3)nn(C(=O)O)c2c1. The minimum Gasteiger partial charge on any atom is -0.463 e. The molecule has 0 spiro atoms. The van der Waals surface area contributed by atoms with Crippen LogP contribution in [-0.2, 0) is 0 Å². The average Bonchev–Trinajstić information content (AvgIpc) is 3.35. The first-order valence-corrected chi connectivity index (χ1v) is 12.8. The highest BCUT2D eigenvalue weighted by molar-refractivity contribution is 7.99. The van der Waals surface area contributed by atoms with Gasteiger partial charge < -0.3 is 10.4 Å². The first-order valence-electron chi connectivity index (χ1n) is 12.0. The predicted molar refractivity (Wildman–Crippen MR) is 152 cm³/mol. The molecule has 5 aromatic rings. The second-order valence-corrected chi connectivity index (χ2v) is 9.63. The van der Waals surface area contributed by atoms with Crippen molar-refractivity contribution in [2.24, 2.45) is 0 Å². The lowest BCUT2D eigenvalue weighted by atomic mass is 9.99. The van der Waals surface area contributed by atoms with Crippen LogP contribution >= 0.6 is 11.8 Å². The summed E-state index contributed by atoms with van der Waals surface area (Å²) in [7, 11) is 1.55. The molecule has 2 aromatic heterocycles. The lowest BCUT2D eigenvalue weighted by Crippen LogP contribution is -2.18. The van der Waals surface area contributed by atoms with Gasteiger partial charge in [0.05, 0.1) is 27.4 Å². The highest BCUT2D eigenvalue weighted by atomic mass is 32.2. The molecule has 0 unspecified atom stereocenters. The van der Waals surface area contributed by atoms with Crippen LogP contribution in [0.25, 0.3) is 34.2 Å². The number of pyridine rings is 1. The Morgan fingerprint density at radius 3 is 2.45 bits per heavy atom. The average molecular weight is 552 g/mol. The Hall–Kier alpha value is -5.29. The van der Waals surface area contributed by atoms with Gasteiger partial charge in [0.15, 0.2) is 0 Å². The van der Waals surface area contributed by atoms with Crippen LogP contribution < -0.4 is 5.32 Å². The van der Waals surface area contributed by atoms with Gasteiger partial charge in [-0.05, 0) is 71.8 Å². The molecule has 10 nitrogen and oxygen atoms in total. The standard InChI is InChI=1S/C29H21N5O5S/c1-30-28(35)22-7-2-3-8-26(22)40-21-16-23(18-9-12-20(13-10-18)34(38)39)27-24(14-11-19-6-4-5-15-31-19)32-33(29(36)37)25(27)17-21/h2-17H,1H3,(H,30,35)(H,36,37)/b14-11+. The summed E-state index contributed by atoms with van der Waals surface area (Å²) in [5, 5.41) is 28.8. The highest BCUT2D eigenvalue weighted by Gasteiger charge is 2.21. The maximum absolute atomic E-state index is 12.5. The molecule has 0 bridgehead atoms. The molecule has 0 aliphatic heterocycles. The molecule has 0 aliphatic rings. The van der Waals surface area contributed by atoms with Crippen molar-refractivity contribution in [1.82, 2.24) is 20.1 Å². The Kier molecular flexibility index (Phi) is 7.38. The molecule has 1 amide bonds. The van der Waals surface area contributed by atoms with Crippen LogP contribution in [0, 0.1) is 10.1 Å². The largest absolute Gasteiger partial charge is 0.463 e. The first kappa shape index (κ1) is 26.3. The highest BCUT2D eigenvalue weighted by Crippen LogP contribution is 2.39. The number of rotatable bonds is 7. The molecule has 198 valence electrons. The summed E-state index contributed by atoms with van der Waals surface area (Å²) in [6.45, 7) is 0. The number of nitrogens with one attached hydrogen (secondary N) is 1. The number of nitro benzene ring substituents is 1. The third-order valence-electron chi connectivity index (χ3n) is 6.04. The fourth-order valence-corrected chi connectivity index (χ4v) is 5.22. The Labute approximate surface area is 232 Å². The van der Waals surface area contributed by atoms with E-state index in [4.69, 9.17) is 0 Å². The topological polar surface area (TPSA) is 140 Å². The monoisotopic (exact) mass is 551 g/mol. The van der Waals surface area contributed by atoms with Crippen molar-refractivity contribution >= 4 is 52.5 Å². The smallest absolute Gasteiger partial charge is 0.432 e. The number of aromatic nitrogens is 3. The minimum atomic E-state index is -1.27. The van der Waals surface area contributed by atoms with E-state index in [-0.39, 0.29) is 11.6 Å². The van der Waals surface area contributed by atoms with E-state index in [2.05, 4.69) is 15.4 Å². The van der Waals surface area contributed by atoms with Crippen LogP contribution in [-0.4, -0.2) is 43.8 Å². The van der Waals surface area contributed by atoms with Gasteiger partial charge in [-0.3, -0.25) is 19.9 Å². The van der Waals surface area contributed by atoms with E-state index in [0.717, 1.165) is 4.68 Å². The molecule has 0 radical (unpaired) electrons. The predicted octanol–water partition coefficient (Wildman–Crippen LogP) is 6.21. The van der Waals surface area contributed by atoms with Gasteiger partial charge in [-0.1, -0.05) is 30.0 Å². The molecule has 0 fully saturated rings. The molecule has 5 rings (SSSR count). The van der Waals surface area contributed by atoms with Gasteiger partial charge in [-0.15, -0.1) is 0 Å². The quantitative estimate of drug-likeness (QED) is 0.180. The Bertz CT molecular complexity index is 1780. The first-order chi connectivity index (χ1) is 19.4. The van der Waals surface area contributed by atoms with Gasteiger partial charge in [0, 0.05) is 40.6 Å². The number of fused-ring (bicyclic) bond motifs is 1. The second kappa shape index (κ2) is 11.2. The maximum Gasteiger partial charge on any atom is 0.432 e. The zero-order chi connectivity index (χ0) is 28.2. The van der Waals surface area contributed by atoms with Gasteiger partial charge in [-0.25, -0.2) is 4.79 Å². The van der Waals surface area contributed by atoms with E-state index in [0.29, 0.717) is 48.8 Å². The molecule has 2 heterocycles. The van der Waals surface area contributed by atoms with Crippen molar-refractivity contribution in [2.45, 2.75) is 9.79 Å². The van der Waals surface area contributed by atoms with E-state index in [1.165, 1.54) is 23.9 Å². The molecule has 11 heteroatoms. The summed E-state index contributed by atoms with van der Waals surface area (Å²) in [4.78, 5) is 41.1. The van der Waals surface area contributed by atoms with Gasteiger partial charge in [0.1, 0.15) is 0 Å². The summed E-state index contributed by atoms with van der Waals surface area (Å²) >= 11 is 1.30. The number of benzene rings is 3. The van der Waals surface area contributed by atoms with E-state index in [9.17, 15) is 24.8 Å². The van der Waals surface area contributed by atoms with Gasteiger partial charge >= 0.3 is 6.09 Å². The fourth-order valence-electron chi connectivity index (χ4n) is 4.20. The van der Waals surface area contributed by atoms with Gasteiger partial charge in [0.25, 0.3) is 11.6 Å². The summed E-state index contributed by atoms with van der Waals surface area (Å²) < 4.78 is 0.900. The van der Waals surface area contributed by atoms with Gasteiger partial charge in [0.2, 0.25) is 0 Å². The minimum absolute atomic E-state index is 0.0680. The van der Waals surface area contributed by atoms with Crippen molar-refractivity contribution in [3.05, 3.63) is 112 Å². The number of amides is 1. The second-order valence-electron chi connectivity index (χ2n) is 8.51. The molecule has 3 aromatic carbocycles. The zero-order valence-corrected chi connectivity index (χ0v) is 21.8. The Morgan fingerprint density at radius 1 is 1.02 bits per heavy atom. The molecular formula is C29H21N5O5S. The number of hydrogen-bond donors (Lipinski definition) is 2. The molecule has 40 heavy (non-hydrogen) atoms. The third-order valence-corrected chi connectivity index (χ3v) is 7.09. The lowest BCUT2D eigenvalue weighted by Gasteiger charge is -2.11. The number of hydrogen-bond acceptors (Lipinski definition) is 7. The van der Waals surface area contributed by atoms with E-state index >= 15 is 0 Å². The summed E-state index contributed by atoms with van der Waals surface area (Å²) in [6.07, 6.45) is 3.79. The van der Waals surface area contributed by atoms with Crippen molar-refractivity contribution < 1.29 is 19.6 Å². The molecule has 0 atom stereocenters. The summed E-state index contributed by atoms with van der Waals surface area (Å²) in [5.74, 6) is -0.253. The number of carboxylic acid groups (broad SMARTS) is 1. The number of nitrogens with zero attached hydrogens (tertiary/aromatic N) is 4. The van der Waals surface area contributed by atoms with Crippen LogP contribution in [0.1, 0.15) is 21.7 Å². The Morgan fingerprint density at radius 2 is 1.77 bits per heavy atom. The number of carbonyl (C=O) groups is 2. The normalized spacial score (nSPS) is 11.1. The third kappa shape index (κ3) is 5.31. The van der Waals surface area contributed by atoms with Crippen LogP contribution in [0.15, 0.2) is 94.9 Å². The summed E-state index contributed by atoms with van der Waals surface area (Å²) in [5.41, 5.74) is 3.04. The molecular weight excluding hydrogens is 530 g/mol. The van der Waals surface area contributed by atoms with E-state index < -0.39 is 11.0 Å². The molecule has 2 N–H and O–H groups in total. The van der Waals surface area contributed by atoms with Crippen molar-refractivity contribution in [2.75, 3.05) is 7.05 Å². The fraction of sp³-hybridized carbons (Fsp3) is 0.0345. The van der Waals surface area contributed by atoms with Crippen molar-refractivity contribution in [1.29, 1.82) is 0 Å². The maximum atomic E-state index is 12.5. The van der Waals surface area contributed by atoms with Crippen molar-refractivity contribution in [3.63, 3.8) is 0 Å². The van der Waals surface area contributed by atoms with E-state index in [1.807, 2.05) is 24.3 Å². The van der Waals surface area contributed by atoms with Crippen LogP contribution in [0.3, 0.4) is 0 Å². The lowest BCUT2D eigenvalue weighted by molar-refractivity contribution is -0.384. The number of non-ortho nitro benzene ring substituents is 1. The number of carbonyl (C=O) groups excluding carboxylic acids is 1. The molecule has 0 saturated carbocycles. The van der Waals surface area contributed by atoms with Crippen LogP contribution in [0.2, 0.25) is 0 Å². The number of nitro groups is 1. The van der Waals surface area contributed by atoms with Crippen LogP contribution in [0.4, 0.5) is 10.5 Å². The van der Waals surface area contributed by atoms with Crippen LogP contribution in [0.5, 0.6) is 0 Å². The molecule has 0 aliphatic carbocycles. The van der Waals surface area contributed by atoms with Crippen molar-refractivity contribution in [3.8, 4) is 11.1 Å². The zero-order valence-electron chi connectivity index (χ0n) is 21.0. The molecule has 0 saturated heterocycles. The van der Waals surface area contributed by atoms with Gasteiger partial charge in [-0.2, -0.15) is 9.78 Å².